The second-order valence-corrected chi connectivity index (χ2v) is 6.53. The quantitative estimate of drug-likeness (QED) is 0.846. The lowest BCUT2D eigenvalue weighted by Crippen LogP contribution is -2.49. The second kappa shape index (κ2) is 7.25. The van der Waals surface area contributed by atoms with Gasteiger partial charge in [-0.3, -0.25) is 9.69 Å². The minimum atomic E-state index is -0.937. The van der Waals surface area contributed by atoms with E-state index in [0.717, 1.165) is 31.2 Å². The molecule has 1 aliphatic carbocycles. The normalized spacial score (nSPS) is 22.2. The van der Waals surface area contributed by atoms with E-state index in [4.69, 9.17) is 0 Å². The zero-order chi connectivity index (χ0) is 16.2. The van der Waals surface area contributed by atoms with Gasteiger partial charge in [-0.15, -0.1) is 0 Å². The van der Waals surface area contributed by atoms with Gasteiger partial charge in [-0.2, -0.15) is 0 Å². The number of amides is 1. The number of benzene rings is 1. The summed E-state index contributed by atoms with van der Waals surface area (Å²) in [5, 5.41) is 14.0. The molecule has 2 unspecified atom stereocenters. The fraction of sp³-hybridized carbons (Fsp3) is 0.611. The van der Waals surface area contributed by atoms with Crippen LogP contribution in [-0.4, -0.2) is 42.6 Å². The van der Waals surface area contributed by atoms with Gasteiger partial charge >= 0.3 is 0 Å². The first-order valence-corrected chi connectivity index (χ1v) is 8.23. The molecular formula is C18H28N2O2. The standard InChI is InChI=1S/C18H28N2O2/c1-4-8-16(20(2)3)17(21)19-13-18(22)12-7-10-14-9-5-6-11-15(14)18/h5-6,9,11,16,22H,4,7-8,10,12-13H2,1-3H3,(H,19,21). The summed E-state index contributed by atoms with van der Waals surface area (Å²) in [6, 6.07) is 7.88. The zero-order valence-corrected chi connectivity index (χ0v) is 13.9. The minimum Gasteiger partial charge on any atom is -0.383 e. The molecule has 0 heterocycles. The van der Waals surface area contributed by atoms with Crippen LogP contribution in [0.25, 0.3) is 0 Å². The van der Waals surface area contributed by atoms with Crippen molar-refractivity contribution in [3.8, 4) is 0 Å². The molecule has 4 heteroatoms. The van der Waals surface area contributed by atoms with E-state index in [2.05, 4.69) is 18.3 Å². The van der Waals surface area contributed by atoms with Gasteiger partial charge in [0.25, 0.3) is 0 Å². The fourth-order valence-electron chi connectivity index (χ4n) is 3.33. The molecule has 0 saturated carbocycles. The molecule has 0 radical (unpaired) electrons. The predicted molar refractivity (Wildman–Crippen MR) is 88.7 cm³/mol. The van der Waals surface area contributed by atoms with Crippen molar-refractivity contribution in [3.05, 3.63) is 35.4 Å². The van der Waals surface area contributed by atoms with Crippen molar-refractivity contribution in [1.29, 1.82) is 0 Å². The Bertz CT molecular complexity index is 516. The fourth-order valence-corrected chi connectivity index (χ4v) is 3.33. The van der Waals surface area contributed by atoms with Crippen molar-refractivity contribution in [1.82, 2.24) is 10.2 Å². The first-order chi connectivity index (χ1) is 10.5. The molecular weight excluding hydrogens is 276 g/mol. The Balaban J connectivity index is 2.06. The van der Waals surface area contributed by atoms with Crippen LogP contribution in [0.4, 0.5) is 0 Å². The number of fused-ring (bicyclic) bond motifs is 1. The molecule has 0 aromatic heterocycles. The van der Waals surface area contributed by atoms with E-state index in [1.54, 1.807) is 0 Å². The van der Waals surface area contributed by atoms with E-state index in [9.17, 15) is 9.90 Å². The number of nitrogens with one attached hydrogen (secondary N) is 1. The number of aliphatic hydroxyl groups is 1. The smallest absolute Gasteiger partial charge is 0.237 e. The monoisotopic (exact) mass is 304 g/mol. The van der Waals surface area contributed by atoms with Crippen LogP contribution in [0.3, 0.4) is 0 Å². The predicted octanol–water partition coefficient (Wildman–Crippen LogP) is 2.06. The average molecular weight is 304 g/mol. The summed E-state index contributed by atoms with van der Waals surface area (Å²) in [7, 11) is 3.84. The largest absolute Gasteiger partial charge is 0.383 e. The van der Waals surface area contributed by atoms with Crippen LogP contribution in [0.1, 0.15) is 43.7 Å². The van der Waals surface area contributed by atoms with E-state index in [1.165, 1.54) is 5.56 Å². The van der Waals surface area contributed by atoms with Crippen LogP contribution < -0.4 is 5.32 Å². The molecule has 1 aliphatic rings. The summed E-state index contributed by atoms with van der Waals surface area (Å²) in [6.07, 6.45) is 4.44. The van der Waals surface area contributed by atoms with E-state index >= 15 is 0 Å². The van der Waals surface area contributed by atoms with Crippen LogP contribution in [-0.2, 0) is 16.8 Å². The maximum Gasteiger partial charge on any atom is 0.237 e. The van der Waals surface area contributed by atoms with Crippen LogP contribution >= 0.6 is 0 Å². The Morgan fingerprint density at radius 2 is 2.14 bits per heavy atom. The summed E-state index contributed by atoms with van der Waals surface area (Å²) in [4.78, 5) is 14.3. The molecule has 0 fully saturated rings. The molecule has 22 heavy (non-hydrogen) atoms. The number of nitrogens with zero attached hydrogens (tertiary/aromatic N) is 1. The summed E-state index contributed by atoms with van der Waals surface area (Å²) in [5.41, 5.74) is 1.23. The summed E-state index contributed by atoms with van der Waals surface area (Å²) in [5.74, 6) is 0.00308. The number of carbonyl (C=O) groups is 1. The van der Waals surface area contributed by atoms with Gasteiger partial charge < -0.3 is 10.4 Å². The van der Waals surface area contributed by atoms with Crippen molar-refractivity contribution in [2.45, 2.75) is 50.7 Å². The molecule has 2 atom stereocenters. The number of likely N-dealkylation sites (N-methyl/N-ethyl adjacent to an activating group) is 1. The average Bonchev–Trinajstić information content (AvgIpc) is 2.50. The first kappa shape index (κ1) is 17.0. The van der Waals surface area contributed by atoms with Gasteiger partial charge in [0.1, 0.15) is 5.60 Å². The van der Waals surface area contributed by atoms with Gasteiger partial charge in [0.05, 0.1) is 12.6 Å². The minimum absolute atomic E-state index is 0.00308. The van der Waals surface area contributed by atoms with Crippen molar-refractivity contribution >= 4 is 5.91 Å². The summed E-state index contributed by atoms with van der Waals surface area (Å²) >= 11 is 0. The molecule has 1 amide bonds. The number of hydrogen-bond donors (Lipinski definition) is 2. The Hall–Kier alpha value is -1.39. The van der Waals surface area contributed by atoms with Crippen LogP contribution in [0, 0.1) is 0 Å². The third-order valence-corrected chi connectivity index (χ3v) is 4.60. The lowest BCUT2D eigenvalue weighted by atomic mass is 9.79. The molecule has 0 spiro atoms. The van der Waals surface area contributed by atoms with Crippen molar-refractivity contribution in [2.75, 3.05) is 20.6 Å². The first-order valence-electron chi connectivity index (χ1n) is 8.23. The third kappa shape index (κ3) is 3.68. The van der Waals surface area contributed by atoms with Gasteiger partial charge in [-0.05, 0) is 50.9 Å². The maximum atomic E-state index is 12.4. The molecule has 4 nitrogen and oxygen atoms in total. The van der Waals surface area contributed by atoms with E-state index in [0.29, 0.717) is 6.42 Å². The molecule has 2 N–H and O–H groups in total. The highest BCUT2D eigenvalue weighted by Crippen LogP contribution is 2.34. The van der Waals surface area contributed by atoms with Gasteiger partial charge in [0, 0.05) is 0 Å². The maximum absolute atomic E-state index is 12.4. The van der Waals surface area contributed by atoms with Gasteiger partial charge in [0.15, 0.2) is 0 Å². The lowest BCUT2D eigenvalue weighted by Gasteiger charge is -2.35. The molecule has 0 bridgehead atoms. The Kier molecular flexibility index (Phi) is 5.59. The van der Waals surface area contributed by atoms with Crippen LogP contribution in [0.2, 0.25) is 0 Å². The molecule has 122 valence electrons. The van der Waals surface area contributed by atoms with E-state index < -0.39 is 5.60 Å². The molecule has 0 saturated heterocycles. The number of rotatable bonds is 6. The molecule has 1 aromatic carbocycles. The third-order valence-electron chi connectivity index (χ3n) is 4.60. The Morgan fingerprint density at radius 1 is 1.41 bits per heavy atom. The van der Waals surface area contributed by atoms with E-state index in [-0.39, 0.29) is 18.5 Å². The van der Waals surface area contributed by atoms with Gasteiger partial charge in [-0.25, -0.2) is 0 Å². The SMILES string of the molecule is CCCC(C(=O)NCC1(O)CCCc2ccccc21)N(C)C. The van der Waals surface area contributed by atoms with Crippen molar-refractivity contribution in [2.24, 2.45) is 0 Å². The van der Waals surface area contributed by atoms with Crippen LogP contribution in [0.15, 0.2) is 24.3 Å². The van der Waals surface area contributed by atoms with E-state index in [1.807, 2.05) is 37.2 Å². The highest BCUT2D eigenvalue weighted by Gasteiger charge is 2.35. The number of aryl methyl sites for hydroxylation is 1. The number of hydrogen-bond acceptors (Lipinski definition) is 3. The summed E-state index contributed by atoms with van der Waals surface area (Å²) < 4.78 is 0. The zero-order valence-electron chi connectivity index (χ0n) is 13.9. The topological polar surface area (TPSA) is 52.6 Å². The lowest BCUT2D eigenvalue weighted by molar-refractivity contribution is -0.127. The molecule has 1 aromatic rings. The van der Waals surface area contributed by atoms with Crippen LogP contribution in [0.5, 0.6) is 0 Å². The Labute approximate surface area is 133 Å². The van der Waals surface area contributed by atoms with Crippen molar-refractivity contribution < 1.29 is 9.90 Å². The molecule has 2 rings (SSSR count). The highest BCUT2D eigenvalue weighted by atomic mass is 16.3. The summed E-state index contributed by atoms with van der Waals surface area (Å²) in [6.45, 7) is 2.37. The number of carbonyl (C=O) groups excluding carboxylic acids is 1. The van der Waals surface area contributed by atoms with Gasteiger partial charge in [-0.1, -0.05) is 37.6 Å². The second-order valence-electron chi connectivity index (χ2n) is 6.53. The molecule has 0 aliphatic heterocycles. The van der Waals surface area contributed by atoms with Crippen molar-refractivity contribution in [3.63, 3.8) is 0 Å². The van der Waals surface area contributed by atoms with Gasteiger partial charge in [0.2, 0.25) is 5.91 Å². The highest BCUT2D eigenvalue weighted by molar-refractivity contribution is 5.81. The Morgan fingerprint density at radius 3 is 2.82 bits per heavy atom.